The highest BCUT2D eigenvalue weighted by atomic mass is 79.9. The second-order valence-corrected chi connectivity index (χ2v) is 6.17. The molecule has 1 fully saturated rings. The molecule has 1 atom stereocenters. The van der Waals surface area contributed by atoms with Gasteiger partial charge in [-0.1, -0.05) is 0 Å². The molecule has 0 aromatic carbocycles. The van der Waals surface area contributed by atoms with Gasteiger partial charge in [0.1, 0.15) is 5.69 Å². The lowest BCUT2D eigenvalue weighted by molar-refractivity contribution is 0.0939. The summed E-state index contributed by atoms with van der Waals surface area (Å²) in [7, 11) is 0. The van der Waals surface area contributed by atoms with Crippen molar-refractivity contribution >= 4 is 34.2 Å². The van der Waals surface area contributed by atoms with Crippen molar-refractivity contribution in [3.63, 3.8) is 0 Å². The molecule has 1 aromatic rings. The minimum Gasteiger partial charge on any atom is -0.349 e. The van der Waals surface area contributed by atoms with Crippen LogP contribution in [-0.2, 0) is 0 Å². The summed E-state index contributed by atoms with van der Waals surface area (Å²) in [5.41, 5.74) is 6.66. The van der Waals surface area contributed by atoms with Crippen LogP contribution in [0.25, 0.3) is 0 Å². The van der Waals surface area contributed by atoms with Crippen LogP contribution < -0.4 is 11.1 Å². The van der Waals surface area contributed by atoms with Gasteiger partial charge >= 0.3 is 0 Å². The smallest absolute Gasteiger partial charge is 0.268 e. The second-order valence-electron chi connectivity index (χ2n) is 5.26. The maximum atomic E-state index is 12.1. The quantitative estimate of drug-likeness (QED) is 0.858. The molecule has 6 heteroatoms. The summed E-state index contributed by atoms with van der Waals surface area (Å²) in [6, 6.07) is 2.20. The molecular formula is C13H21BrClN3O. The monoisotopic (exact) mass is 349 g/mol. The molecule has 1 saturated carbocycles. The van der Waals surface area contributed by atoms with Gasteiger partial charge in [0.05, 0.1) is 0 Å². The van der Waals surface area contributed by atoms with Gasteiger partial charge in [-0.2, -0.15) is 0 Å². The van der Waals surface area contributed by atoms with Crippen LogP contribution in [0.15, 0.2) is 16.7 Å². The Labute approximate surface area is 128 Å². The van der Waals surface area contributed by atoms with E-state index in [2.05, 4.69) is 35.1 Å². The Morgan fingerprint density at radius 2 is 2.21 bits per heavy atom. The van der Waals surface area contributed by atoms with E-state index >= 15 is 0 Å². The van der Waals surface area contributed by atoms with Crippen molar-refractivity contribution in [1.29, 1.82) is 0 Å². The third-order valence-electron chi connectivity index (χ3n) is 3.33. The molecule has 0 spiro atoms. The molecule has 0 radical (unpaired) electrons. The van der Waals surface area contributed by atoms with Gasteiger partial charge in [-0.25, -0.2) is 0 Å². The first kappa shape index (κ1) is 16.5. The Balaban J connectivity index is 0.00000180. The number of carbonyl (C=O) groups is 1. The zero-order chi connectivity index (χ0) is 13.3. The van der Waals surface area contributed by atoms with Crippen molar-refractivity contribution in [2.45, 2.75) is 38.8 Å². The first-order chi connectivity index (χ1) is 8.49. The molecule has 0 aliphatic heterocycles. The molecule has 1 heterocycles. The summed E-state index contributed by atoms with van der Waals surface area (Å²) >= 11 is 3.41. The average Bonchev–Trinajstić information content (AvgIpc) is 3.08. The van der Waals surface area contributed by atoms with Crippen molar-refractivity contribution in [2.24, 2.45) is 11.7 Å². The number of carbonyl (C=O) groups excluding carboxylic acids is 1. The Morgan fingerprint density at radius 1 is 1.58 bits per heavy atom. The maximum absolute atomic E-state index is 12.1. The molecule has 1 amide bonds. The van der Waals surface area contributed by atoms with Crippen molar-refractivity contribution in [3.05, 3.63) is 22.4 Å². The molecule has 108 valence electrons. The molecule has 0 saturated heterocycles. The molecular weight excluding hydrogens is 330 g/mol. The van der Waals surface area contributed by atoms with E-state index in [-0.39, 0.29) is 30.4 Å². The number of hydrogen-bond acceptors (Lipinski definition) is 2. The van der Waals surface area contributed by atoms with Crippen LogP contribution in [0.2, 0.25) is 0 Å². The molecule has 1 aliphatic carbocycles. The average molecular weight is 351 g/mol. The van der Waals surface area contributed by atoms with E-state index in [0.717, 1.165) is 4.47 Å². The number of rotatable bonds is 5. The van der Waals surface area contributed by atoms with E-state index in [4.69, 9.17) is 5.73 Å². The van der Waals surface area contributed by atoms with E-state index in [0.29, 0.717) is 18.2 Å². The highest BCUT2D eigenvalue weighted by molar-refractivity contribution is 9.10. The molecule has 0 bridgehead atoms. The third kappa shape index (κ3) is 4.23. The predicted octanol–water partition coefficient (Wildman–Crippen LogP) is 2.72. The number of nitrogens with two attached hydrogens (primary N) is 1. The van der Waals surface area contributed by atoms with Gasteiger partial charge in [-0.15, -0.1) is 12.4 Å². The van der Waals surface area contributed by atoms with Gasteiger partial charge in [0.2, 0.25) is 0 Å². The van der Waals surface area contributed by atoms with Crippen LogP contribution in [0, 0.1) is 5.92 Å². The van der Waals surface area contributed by atoms with Crippen LogP contribution in [-0.4, -0.2) is 23.1 Å². The Hall–Kier alpha value is -0.520. The van der Waals surface area contributed by atoms with Gasteiger partial charge in [0.25, 0.3) is 5.91 Å². The van der Waals surface area contributed by atoms with Gasteiger partial charge in [0, 0.05) is 29.3 Å². The van der Waals surface area contributed by atoms with E-state index in [9.17, 15) is 4.79 Å². The fraction of sp³-hybridized carbons (Fsp3) is 0.615. The standard InChI is InChI=1S/C13H20BrN3O.ClH/c1-8(2)17-7-10(14)5-12(17)13(18)16-6-11(15)9-3-4-9;/h5,7-9,11H,3-4,6,15H2,1-2H3,(H,16,18);1H. The summed E-state index contributed by atoms with van der Waals surface area (Å²) in [6.45, 7) is 4.67. The fourth-order valence-corrected chi connectivity index (χ4v) is 2.48. The first-order valence-corrected chi connectivity index (χ1v) is 7.19. The normalized spacial score (nSPS) is 16.1. The number of nitrogens with one attached hydrogen (secondary N) is 1. The molecule has 4 nitrogen and oxygen atoms in total. The van der Waals surface area contributed by atoms with Gasteiger partial charge in [-0.3, -0.25) is 4.79 Å². The van der Waals surface area contributed by atoms with Gasteiger partial charge in [-0.05, 0) is 54.6 Å². The third-order valence-corrected chi connectivity index (χ3v) is 3.76. The maximum Gasteiger partial charge on any atom is 0.268 e. The fourth-order valence-electron chi connectivity index (χ4n) is 2.05. The minimum absolute atomic E-state index is 0. The van der Waals surface area contributed by atoms with Crippen LogP contribution in [0.4, 0.5) is 0 Å². The van der Waals surface area contributed by atoms with Crippen LogP contribution in [0.3, 0.4) is 0 Å². The predicted molar refractivity (Wildman–Crippen MR) is 82.8 cm³/mol. The number of hydrogen-bond donors (Lipinski definition) is 2. The molecule has 3 N–H and O–H groups in total. The largest absolute Gasteiger partial charge is 0.349 e. The number of halogens is 2. The van der Waals surface area contributed by atoms with Crippen LogP contribution in [0.5, 0.6) is 0 Å². The number of amides is 1. The highest BCUT2D eigenvalue weighted by Gasteiger charge is 2.28. The Morgan fingerprint density at radius 3 is 2.74 bits per heavy atom. The van der Waals surface area contributed by atoms with Gasteiger partial charge < -0.3 is 15.6 Å². The first-order valence-electron chi connectivity index (χ1n) is 6.40. The van der Waals surface area contributed by atoms with Crippen molar-refractivity contribution in [1.82, 2.24) is 9.88 Å². The van der Waals surface area contributed by atoms with Crippen molar-refractivity contribution in [3.8, 4) is 0 Å². The van der Waals surface area contributed by atoms with E-state index in [1.165, 1.54) is 12.8 Å². The summed E-state index contributed by atoms with van der Waals surface area (Å²) in [5, 5.41) is 2.92. The zero-order valence-corrected chi connectivity index (χ0v) is 13.6. The van der Waals surface area contributed by atoms with Gasteiger partial charge in [0.15, 0.2) is 0 Å². The topological polar surface area (TPSA) is 60.0 Å². The lowest BCUT2D eigenvalue weighted by Crippen LogP contribution is -2.39. The molecule has 2 rings (SSSR count). The molecule has 1 unspecified atom stereocenters. The summed E-state index contributed by atoms with van der Waals surface area (Å²) in [4.78, 5) is 12.1. The lowest BCUT2D eigenvalue weighted by atomic mass is 10.2. The lowest BCUT2D eigenvalue weighted by Gasteiger charge is -2.15. The van der Waals surface area contributed by atoms with E-state index < -0.39 is 0 Å². The van der Waals surface area contributed by atoms with E-state index in [1.54, 1.807) is 0 Å². The SMILES string of the molecule is CC(C)n1cc(Br)cc1C(=O)NCC(N)C1CC1.Cl. The molecule has 19 heavy (non-hydrogen) atoms. The highest BCUT2D eigenvalue weighted by Crippen LogP contribution is 2.31. The molecule has 1 aromatic heterocycles. The summed E-state index contributed by atoms with van der Waals surface area (Å²) < 4.78 is 2.88. The zero-order valence-electron chi connectivity index (χ0n) is 11.2. The van der Waals surface area contributed by atoms with Crippen LogP contribution in [0.1, 0.15) is 43.2 Å². The van der Waals surface area contributed by atoms with E-state index in [1.807, 2.05) is 16.8 Å². The van der Waals surface area contributed by atoms with Crippen molar-refractivity contribution < 1.29 is 4.79 Å². The van der Waals surface area contributed by atoms with Crippen molar-refractivity contribution in [2.75, 3.05) is 6.54 Å². The Kier molecular flexibility index (Phi) is 5.89. The number of nitrogens with zero attached hydrogens (tertiary/aromatic N) is 1. The summed E-state index contributed by atoms with van der Waals surface area (Å²) in [6.07, 6.45) is 4.33. The minimum atomic E-state index is -0.0505. The molecule has 1 aliphatic rings. The van der Waals surface area contributed by atoms with Crippen LogP contribution >= 0.6 is 28.3 Å². The number of aromatic nitrogens is 1. The summed E-state index contributed by atoms with van der Waals surface area (Å²) in [5.74, 6) is 0.555. The second kappa shape index (κ2) is 6.77. The Bertz CT molecular complexity index is 443.